The lowest BCUT2D eigenvalue weighted by Crippen LogP contribution is -2.47. The lowest BCUT2D eigenvalue weighted by atomic mass is 9.93. The van der Waals surface area contributed by atoms with E-state index >= 15 is 0 Å². The summed E-state index contributed by atoms with van der Waals surface area (Å²) in [5.41, 5.74) is 0. The van der Waals surface area contributed by atoms with Crippen molar-refractivity contribution in [2.75, 3.05) is 26.2 Å². The second-order valence-electron chi connectivity index (χ2n) is 4.98. The van der Waals surface area contributed by atoms with E-state index in [0.717, 1.165) is 19.5 Å². The smallest absolute Gasteiger partial charge is 0.329 e. The van der Waals surface area contributed by atoms with Crippen LogP contribution in [0.3, 0.4) is 0 Å². The van der Waals surface area contributed by atoms with Gasteiger partial charge in [-0.15, -0.1) is 0 Å². The monoisotopic (exact) mass is 265 g/mol. The fourth-order valence-electron chi connectivity index (χ4n) is 3.06. The van der Waals surface area contributed by atoms with Gasteiger partial charge in [0.15, 0.2) is 0 Å². The number of likely N-dealkylation sites (tertiary alicyclic amines) is 1. The van der Waals surface area contributed by atoms with Gasteiger partial charge >= 0.3 is 12.2 Å². The van der Waals surface area contributed by atoms with Gasteiger partial charge in [-0.25, -0.2) is 4.79 Å². The van der Waals surface area contributed by atoms with Gasteiger partial charge in [-0.3, -0.25) is 0 Å². The summed E-state index contributed by atoms with van der Waals surface area (Å²) in [6.07, 6.45) is -3.57. The van der Waals surface area contributed by atoms with Crippen molar-refractivity contribution < 1.29 is 18.0 Å². The van der Waals surface area contributed by atoms with Crippen molar-refractivity contribution in [1.82, 2.24) is 15.5 Å². The molecule has 2 heterocycles. The van der Waals surface area contributed by atoms with Crippen LogP contribution in [0.25, 0.3) is 0 Å². The van der Waals surface area contributed by atoms with Gasteiger partial charge in [0.1, 0.15) is 6.54 Å². The zero-order valence-electron chi connectivity index (χ0n) is 10.3. The van der Waals surface area contributed by atoms with Gasteiger partial charge in [0, 0.05) is 25.7 Å². The first-order chi connectivity index (χ1) is 8.42. The van der Waals surface area contributed by atoms with E-state index < -0.39 is 18.8 Å². The van der Waals surface area contributed by atoms with Crippen LogP contribution in [0.15, 0.2) is 0 Å². The minimum atomic E-state index is -4.35. The van der Waals surface area contributed by atoms with Crippen LogP contribution in [0.4, 0.5) is 18.0 Å². The normalized spacial score (nSPS) is 31.6. The number of amides is 2. The summed E-state index contributed by atoms with van der Waals surface area (Å²) < 4.78 is 36.2. The molecule has 2 saturated heterocycles. The average molecular weight is 265 g/mol. The summed E-state index contributed by atoms with van der Waals surface area (Å²) in [5, 5.41) is 5.23. The van der Waals surface area contributed by atoms with Gasteiger partial charge in [0.05, 0.1) is 0 Å². The lowest BCUT2D eigenvalue weighted by molar-refractivity contribution is -0.123. The van der Waals surface area contributed by atoms with Gasteiger partial charge in [-0.1, -0.05) is 6.92 Å². The van der Waals surface area contributed by atoms with Gasteiger partial charge < -0.3 is 15.5 Å². The second kappa shape index (κ2) is 4.95. The molecule has 4 nitrogen and oxygen atoms in total. The molecule has 0 spiro atoms. The summed E-state index contributed by atoms with van der Waals surface area (Å²) >= 11 is 0. The summed E-state index contributed by atoms with van der Waals surface area (Å²) in [6, 6.07) is -0.535. The number of carbonyl (C=O) groups is 1. The molecule has 0 saturated carbocycles. The number of hydrogen-bond donors (Lipinski definition) is 2. The number of urea groups is 1. The molecule has 0 aromatic carbocycles. The average Bonchev–Trinajstić information content (AvgIpc) is 2.83. The standard InChI is InChI=1S/C11H18F3N3O/c1-2-9-8-4-15-3-7(8)5-17(9)10(18)16-6-11(12,13)14/h7-9,15H,2-6H2,1H3,(H,16,18). The molecule has 2 N–H and O–H groups in total. The Labute approximate surface area is 104 Å². The Bertz CT molecular complexity index is 321. The Balaban J connectivity index is 1.94. The molecular weight excluding hydrogens is 247 g/mol. The van der Waals surface area contributed by atoms with Crippen molar-refractivity contribution in [3.63, 3.8) is 0 Å². The molecule has 104 valence electrons. The summed E-state index contributed by atoms with van der Waals surface area (Å²) in [5.74, 6) is 0.762. The third-order valence-electron chi connectivity index (χ3n) is 3.84. The minimum Gasteiger partial charge on any atom is -0.329 e. The number of nitrogens with one attached hydrogen (secondary N) is 2. The lowest BCUT2D eigenvalue weighted by Gasteiger charge is -2.27. The third-order valence-corrected chi connectivity index (χ3v) is 3.84. The number of nitrogens with zero attached hydrogens (tertiary/aromatic N) is 1. The van der Waals surface area contributed by atoms with Crippen molar-refractivity contribution >= 4 is 6.03 Å². The molecular formula is C11H18F3N3O. The Morgan fingerprint density at radius 2 is 2.17 bits per heavy atom. The highest BCUT2D eigenvalue weighted by Crippen LogP contribution is 2.34. The fraction of sp³-hybridized carbons (Fsp3) is 0.909. The summed E-state index contributed by atoms with van der Waals surface area (Å²) in [4.78, 5) is 13.4. The summed E-state index contributed by atoms with van der Waals surface area (Å²) in [6.45, 7) is 2.97. The van der Waals surface area contributed by atoms with Gasteiger partial charge in [-0.05, 0) is 18.3 Å². The van der Waals surface area contributed by atoms with Crippen LogP contribution in [0.2, 0.25) is 0 Å². The highest BCUT2D eigenvalue weighted by atomic mass is 19.4. The number of alkyl halides is 3. The highest BCUT2D eigenvalue weighted by molar-refractivity contribution is 5.75. The molecule has 0 aromatic heterocycles. The Morgan fingerprint density at radius 1 is 1.44 bits per heavy atom. The molecule has 3 atom stereocenters. The maximum atomic E-state index is 12.1. The van der Waals surface area contributed by atoms with E-state index in [0.29, 0.717) is 18.4 Å². The molecule has 18 heavy (non-hydrogen) atoms. The third kappa shape index (κ3) is 2.71. The molecule has 2 fully saturated rings. The molecule has 2 aliphatic heterocycles. The van der Waals surface area contributed by atoms with Crippen LogP contribution in [0.1, 0.15) is 13.3 Å². The Hall–Kier alpha value is -0.980. The van der Waals surface area contributed by atoms with Crippen molar-refractivity contribution in [1.29, 1.82) is 0 Å². The Kier molecular flexibility index (Phi) is 3.70. The van der Waals surface area contributed by atoms with E-state index in [4.69, 9.17) is 0 Å². The molecule has 3 unspecified atom stereocenters. The molecule has 0 aliphatic carbocycles. The van der Waals surface area contributed by atoms with Crippen LogP contribution in [-0.4, -0.2) is 49.3 Å². The van der Waals surface area contributed by atoms with E-state index in [1.165, 1.54) is 0 Å². The number of carbonyl (C=O) groups excluding carboxylic acids is 1. The first kappa shape index (κ1) is 13.5. The highest BCUT2D eigenvalue weighted by Gasteiger charge is 2.45. The predicted molar refractivity (Wildman–Crippen MR) is 60.1 cm³/mol. The number of rotatable bonds is 2. The van der Waals surface area contributed by atoms with Gasteiger partial charge in [0.2, 0.25) is 0 Å². The largest absolute Gasteiger partial charge is 0.405 e. The van der Waals surface area contributed by atoms with Crippen LogP contribution >= 0.6 is 0 Å². The van der Waals surface area contributed by atoms with Crippen molar-refractivity contribution in [2.24, 2.45) is 11.8 Å². The number of hydrogen-bond acceptors (Lipinski definition) is 2. The maximum Gasteiger partial charge on any atom is 0.405 e. The number of halogens is 3. The van der Waals surface area contributed by atoms with Gasteiger partial charge in [0.25, 0.3) is 0 Å². The molecule has 2 aliphatic rings. The SMILES string of the molecule is CCC1C2CNCC2CN1C(=O)NCC(F)(F)F. The Morgan fingerprint density at radius 3 is 2.78 bits per heavy atom. The molecule has 0 bridgehead atoms. The van der Waals surface area contributed by atoms with E-state index in [1.807, 2.05) is 12.2 Å². The maximum absolute atomic E-state index is 12.1. The zero-order chi connectivity index (χ0) is 13.3. The molecule has 7 heteroatoms. The van der Waals surface area contributed by atoms with E-state index in [9.17, 15) is 18.0 Å². The summed E-state index contributed by atoms with van der Waals surface area (Å²) in [7, 11) is 0. The second-order valence-corrected chi connectivity index (χ2v) is 4.98. The quantitative estimate of drug-likeness (QED) is 0.787. The van der Waals surface area contributed by atoms with Gasteiger partial charge in [-0.2, -0.15) is 13.2 Å². The van der Waals surface area contributed by atoms with Crippen LogP contribution in [0, 0.1) is 11.8 Å². The molecule has 2 amide bonds. The molecule has 0 radical (unpaired) electrons. The van der Waals surface area contributed by atoms with Crippen molar-refractivity contribution in [3.8, 4) is 0 Å². The van der Waals surface area contributed by atoms with Crippen molar-refractivity contribution in [2.45, 2.75) is 25.6 Å². The molecule has 2 rings (SSSR count). The van der Waals surface area contributed by atoms with E-state index in [2.05, 4.69) is 5.32 Å². The molecule has 0 aromatic rings. The predicted octanol–water partition coefficient (Wildman–Crippen LogP) is 1.19. The first-order valence-electron chi connectivity index (χ1n) is 6.24. The van der Waals surface area contributed by atoms with Crippen LogP contribution in [-0.2, 0) is 0 Å². The van der Waals surface area contributed by atoms with Crippen LogP contribution in [0.5, 0.6) is 0 Å². The van der Waals surface area contributed by atoms with E-state index in [-0.39, 0.29) is 6.04 Å². The van der Waals surface area contributed by atoms with E-state index in [1.54, 1.807) is 4.90 Å². The topological polar surface area (TPSA) is 44.4 Å². The van der Waals surface area contributed by atoms with Crippen LogP contribution < -0.4 is 10.6 Å². The zero-order valence-corrected chi connectivity index (χ0v) is 10.3. The fourth-order valence-corrected chi connectivity index (χ4v) is 3.06. The minimum absolute atomic E-state index is 0.0539. The van der Waals surface area contributed by atoms with Crippen molar-refractivity contribution in [3.05, 3.63) is 0 Å². The first-order valence-corrected chi connectivity index (χ1v) is 6.24. The number of fused-ring (bicyclic) bond motifs is 1.